The van der Waals surface area contributed by atoms with E-state index in [-0.39, 0.29) is 5.91 Å². The minimum absolute atomic E-state index is 0.292. The second-order valence-corrected chi connectivity index (χ2v) is 5.84. The number of hydrogen-bond acceptors (Lipinski definition) is 5. The van der Waals surface area contributed by atoms with Gasteiger partial charge in [0.1, 0.15) is 11.5 Å². The van der Waals surface area contributed by atoms with E-state index in [0.29, 0.717) is 22.6 Å². The number of ether oxygens (including phenoxy) is 1. The number of hydrazone groups is 1. The van der Waals surface area contributed by atoms with Crippen LogP contribution in [-0.4, -0.2) is 25.2 Å². The van der Waals surface area contributed by atoms with Crippen molar-refractivity contribution in [2.45, 2.75) is 6.92 Å². The van der Waals surface area contributed by atoms with Crippen molar-refractivity contribution in [1.82, 2.24) is 5.43 Å². The molecule has 1 heterocycles. The monoisotopic (exact) mass is 362 g/mol. The SMILES string of the molecule is COC(=O)c1ccc(-c2ccc(/C=N/NC(=O)c3cccc(C)c3)o2)cc1. The predicted octanol–water partition coefficient (Wildman–Crippen LogP) is 3.81. The molecule has 3 aromatic rings. The molecule has 1 aromatic heterocycles. The molecule has 0 aliphatic carbocycles. The first-order valence-electron chi connectivity index (χ1n) is 8.25. The number of hydrogen-bond donors (Lipinski definition) is 1. The van der Waals surface area contributed by atoms with Gasteiger partial charge in [0, 0.05) is 11.1 Å². The second kappa shape index (κ2) is 8.14. The first kappa shape index (κ1) is 18.1. The number of aryl methyl sites for hydroxylation is 1. The third kappa shape index (κ3) is 4.49. The Labute approximate surface area is 156 Å². The normalized spacial score (nSPS) is 10.7. The maximum atomic E-state index is 12.0. The molecule has 2 aromatic carbocycles. The van der Waals surface area contributed by atoms with Crippen molar-refractivity contribution in [1.29, 1.82) is 0 Å². The van der Waals surface area contributed by atoms with Crippen molar-refractivity contribution in [3.8, 4) is 11.3 Å². The van der Waals surface area contributed by atoms with Crippen molar-refractivity contribution in [3.63, 3.8) is 0 Å². The van der Waals surface area contributed by atoms with Crippen LogP contribution in [0.4, 0.5) is 0 Å². The van der Waals surface area contributed by atoms with Crippen LogP contribution in [0.1, 0.15) is 32.0 Å². The van der Waals surface area contributed by atoms with Gasteiger partial charge >= 0.3 is 5.97 Å². The van der Waals surface area contributed by atoms with Crippen LogP contribution < -0.4 is 5.43 Å². The maximum absolute atomic E-state index is 12.0. The summed E-state index contributed by atoms with van der Waals surface area (Å²) in [6.07, 6.45) is 1.43. The molecule has 0 atom stereocenters. The zero-order valence-electron chi connectivity index (χ0n) is 14.9. The second-order valence-electron chi connectivity index (χ2n) is 5.84. The van der Waals surface area contributed by atoms with Crippen molar-refractivity contribution >= 4 is 18.1 Å². The third-order valence-electron chi connectivity index (χ3n) is 3.86. The fraction of sp³-hybridized carbons (Fsp3) is 0.0952. The van der Waals surface area contributed by atoms with Gasteiger partial charge in [0.15, 0.2) is 0 Å². The molecule has 0 radical (unpaired) electrons. The van der Waals surface area contributed by atoms with E-state index in [1.54, 1.807) is 48.5 Å². The molecule has 6 nitrogen and oxygen atoms in total. The van der Waals surface area contributed by atoms with E-state index in [4.69, 9.17) is 4.42 Å². The van der Waals surface area contributed by atoms with E-state index in [0.717, 1.165) is 11.1 Å². The van der Waals surface area contributed by atoms with Crippen molar-refractivity contribution in [2.24, 2.45) is 5.10 Å². The van der Waals surface area contributed by atoms with Gasteiger partial charge in [-0.1, -0.05) is 29.8 Å². The summed E-state index contributed by atoms with van der Waals surface area (Å²) in [5.74, 6) is 0.433. The van der Waals surface area contributed by atoms with Crippen LogP contribution in [0.5, 0.6) is 0 Å². The summed E-state index contributed by atoms with van der Waals surface area (Å²) in [5, 5.41) is 3.92. The van der Waals surface area contributed by atoms with Gasteiger partial charge in [-0.05, 0) is 43.3 Å². The zero-order chi connectivity index (χ0) is 19.2. The van der Waals surface area contributed by atoms with Crippen LogP contribution in [0.25, 0.3) is 11.3 Å². The van der Waals surface area contributed by atoms with Crippen molar-refractivity contribution < 1.29 is 18.7 Å². The Morgan fingerprint density at radius 1 is 1.04 bits per heavy atom. The highest BCUT2D eigenvalue weighted by Crippen LogP contribution is 2.22. The Kier molecular flexibility index (Phi) is 5.47. The van der Waals surface area contributed by atoms with Crippen LogP contribution in [0.15, 0.2) is 70.2 Å². The zero-order valence-corrected chi connectivity index (χ0v) is 14.9. The van der Waals surface area contributed by atoms with Gasteiger partial charge in [-0.15, -0.1) is 0 Å². The molecule has 1 N–H and O–H groups in total. The highest BCUT2D eigenvalue weighted by atomic mass is 16.5. The number of nitrogens with zero attached hydrogens (tertiary/aromatic N) is 1. The van der Waals surface area contributed by atoms with Crippen LogP contribution >= 0.6 is 0 Å². The largest absolute Gasteiger partial charge is 0.465 e. The summed E-state index contributed by atoms with van der Waals surface area (Å²) < 4.78 is 10.4. The molecule has 136 valence electrons. The van der Waals surface area contributed by atoms with Crippen LogP contribution in [0.3, 0.4) is 0 Å². The van der Waals surface area contributed by atoms with E-state index in [1.807, 2.05) is 19.1 Å². The lowest BCUT2D eigenvalue weighted by atomic mass is 10.1. The molecule has 1 amide bonds. The minimum Gasteiger partial charge on any atom is -0.465 e. The minimum atomic E-state index is -0.391. The van der Waals surface area contributed by atoms with Gasteiger partial charge in [0.05, 0.1) is 18.9 Å². The van der Waals surface area contributed by atoms with Crippen molar-refractivity contribution in [2.75, 3.05) is 7.11 Å². The summed E-state index contributed by atoms with van der Waals surface area (Å²) in [7, 11) is 1.34. The Bertz CT molecular complexity index is 987. The maximum Gasteiger partial charge on any atom is 0.337 e. The molecule has 3 rings (SSSR count). The van der Waals surface area contributed by atoms with Gasteiger partial charge in [0.2, 0.25) is 0 Å². The number of nitrogens with one attached hydrogen (secondary N) is 1. The molecular weight excluding hydrogens is 344 g/mol. The Hall–Kier alpha value is -3.67. The van der Waals surface area contributed by atoms with E-state index >= 15 is 0 Å². The van der Waals surface area contributed by atoms with E-state index in [2.05, 4.69) is 15.3 Å². The van der Waals surface area contributed by atoms with Crippen LogP contribution in [-0.2, 0) is 4.74 Å². The van der Waals surface area contributed by atoms with E-state index in [9.17, 15) is 9.59 Å². The molecule has 0 bridgehead atoms. The molecule has 0 aliphatic rings. The highest BCUT2D eigenvalue weighted by Gasteiger charge is 2.08. The lowest BCUT2D eigenvalue weighted by molar-refractivity contribution is 0.0600. The number of amides is 1. The number of furan rings is 1. The number of benzene rings is 2. The lowest BCUT2D eigenvalue weighted by Crippen LogP contribution is -2.17. The van der Waals surface area contributed by atoms with Gasteiger partial charge in [-0.25, -0.2) is 10.2 Å². The third-order valence-corrected chi connectivity index (χ3v) is 3.86. The number of methoxy groups -OCH3 is 1. The van der Waals surface area contributed by atoms with Gasteiger partial charge in [-0.3, -0.25) is 4.79 Å². The number of esters is 1. The fourth-order valence-corrected chi connectivity index (χ4v) is 2.47. The van der Waals surface area contributed by atoms with Crippen molar-refractivity contribution in [3.05, 3.63) is 83.1 Å². The highest BCUT2D eigenvalue weighted by molar-refractivity contribution is 5.95. The Morgan fingerprint density at radius 3 is 2.52 bits per heavy atom. The molecule has 0 fully saturated rings. The smallest absolute Gasteiger partial charge is 0.337 e. The molecule has 0 aliphatic heterocycles. The topological polar surface area (TPSA) is 80.9 Å². The Balaban J connectivity index is 1.64. The number of rotatable bonds is 5. The van der Waals surface area contributed by atoms with Crippen LogP contribution in [0.2, 0.25) is 0 Å². The number of carbonyl (C=O) groups excluding carboxylic acids is 2. The molecule has 0 unspecified atom stereocenters. The lowest BCUT2D eigenvalue weighted by Gasteiger charge is -2.01. The number of carbonyl (C=O) groups is 2. The Morgan fingerprint density at radius 2 is 1.81 bits per heavy atom. The average molecular weight is 362 g/mol. The van der Waals surface area contributed by atoms with E-state index < -0.39 is 5.97 Å². The summed E-state index contributed by atoms with van der Waals surface area (Å²) in [6.45, 7) is 1.92. The molecular formula is C21H18N2O4. The molecule has 6 heteroatoms. The van der Waals surface area contributed by atoms with Crippen LogP contribution in [0, 0.1) is 6.92 Å². The summed E-state index contributed by atoms with van der Waals surface area (Å²) in [4.78, 5) is 23.5. The molecule has 0 saturated heterocycles. The molecule has 27 heavy (non-hydrogen) atoms. The first-order chi connectivity index (χ1) is 13.1. The van der Waals surface area contributed by atoms with Gasteiger partial charge in [0.25, 0.3) is 5.91 Å². The first-order valence-corrected chi connectivity index (χ1v) is 8.25. The molecule has 0 saturated carbocycles. The van der Waals surface area contributed by atoms with Gasteiger partial charge in [-0.2, -0.15) is 5.10 Å². The standard InChI is InChI=1S/C21H18N2O4/c1-14-4-3-5-17(12-14)20(24)23-22-13-18-10-11-19(27-18)15-6-8-16(9-7-15)21(25)26-2/h3-13H,1-2H3,(H,23,24)/b22-13+. The average Bonchev–Trinajstić information content (AvgIpc) is 3.16. The summed E-state index contributed by atoms with van der Waals surface area (Å²) >= 11 is 0. The predicted molar refractivity (Wildman–Crippen MR) is 102 cm³/mol. The molecule has 0 spiro atoms. The fourth-order valence-electron chi connectivity index (χ4n) is 2.47. The quantitative estimate of drug-likeness (QED) is 0.425. The summed E-state index contributed by atoms with van der Waals surface area (Å²) in [5.41, 5.74) is 5.29. The van der Waals surface area contributed by atoms with E-state index in [1.165, 1.54) is 13.3 Å². The van der Waals surface area contributed by atoms with Gasteiger partial charge < -0.3 is 9.15 Å². The summed E-state index contributed by atoms with van der Waals surface area (Å²) in [6, 6.07) is 17.6.